The molecule has 4 heterocycles. The Bertz CT molecular complexity index is 1230. The number of thiophene rings is 1. The summed E-state index contributed by atoms with van der Waals surface area (Å²) < 4.78 is 16.4. The Morgan fingerprint density at radius 1 is 1.09 bits per heavy atom. The fourth-order valence-electron chi connectivity index (χ4n) is 4.20. The van der Waals surface area contributed by atoms with Crippen molar-refractivity contribution < 1.29 is 28.9 Å². The van der Waals surface area contributed by atoms with Gasteiger partial charge in [-0.1, -0.05) is 0 Å². The minimum Gasteiger partial charge on any atom is -0.493 e. The summed E-state index contributed by atoms with van der Waals surface area (Å²) in [4.78, 5) is 32.6. The number of ether oxygens (including phenoxy) is 3. The molecule has 1 saturated heterocycles. The van der Waals surface area contributed by atoms with Crippen LogP contribution in [0.4, 0.5) is 5.82 Å². The normalized spacial score (nSPS) is 15.1. The summed E-state index contributed by atoms with van der Waals surface area (Å²) in [7, 11) is 1.28. The minimum atomic E-state index is -1.09. The van der Waals surface area contributed by atoms with Gasteiger partial charge >= 0.3 is 11.9 Å². The van der Waals surface area contributed by atoms with Gasteiger partial charge in [-0.3, -0.25) is 0 Å². The summed E-state index contributed by atoms with van der Waals surface area (Å²) in [6.07, 6.45) is 0.745. The van der Waals surface area contributed by atoms with Gasteiger partial charge in [0.2, 0.25) is 0 Å². The molecule has 2 aliphatic heterocycles. The maximum atomic E-state index is 12.7. The number of esters is 1. The molecule has 0 bridgehead atoms. The fourth-order valence-corrected chi connectivity index (χ4v) is 5.18. The quantitative estimate of drug-likeness (QED) is 0.581. The van der Waals surface area contributed by atoms with Gasteiger partial charge in [-0.15, -0.1) is 11.3 Å². The van der Waals surface area contributed by atoms with Crippen LogP contribution in [-0.2, 0) is 15.9 Å². The summed E-state index contributed by atoms with van der Waals surface area (Å²) in [6, 6.07) is 8.89. The highest BCUT2D eigenvalue weighted by Gasteiger charge is 2.26. The number of rotatable bonds is 4. The molecule has 9 heteroatoms. The number of carbonyl (C=O) groups is 2. The highest BCUT2D eigenvalue weighted by molar-refractivity contribution is 7.13. The van der Waals surface area contributed by atoms with Gasteiger partial charge < -0.3 is 24.2 Å². The maximum absolute atomic E-state index is 12.7. The van der Waals surface area contributed by atoms with Crippen molar-refractivity contribution in [2.24, 2.45) is 0 Å². The van der Waals surface area contributed by atoms with Crippen LogP contribution in [0, 0.1) is 0 Å². The zero-order valence-corrected chi connectivity index (χ0v) is 18.8. The molecule has 2 aromatic heterocycles. The van der Waals surface area contributed by atoms with Crippen molar-refractivity contribution in [2.45, 2.75) is 6.42 Å². The molecule has 3 aromatic rings. The number of methoxy groups -OCH3 is 1. The minimum absolute atomic E-state index is 0.0642. The number of anilines is 1. The maximum Gasteiger partial charge on any atom is 0.357 e. The van der Waals surface area contributed by atoms with E-state index in [4.69, 9.17) is 14.2 Å². The first kappa shape index (κ1) is 21.4. The second kappa shape index (κ2) is 8.84. The number of pyridine rings is 1. The van der Waals surface area contributed by atoms with Crippen molar-refractivity contribution in [3.05, 3.63) is 52.5 Å². The number of carboxylic acid groups (broad SMARTS) is 1. The molecule has 170 valence electrons. The summed E-state index contributed by atoms with van der Waals surface area (Å²) in [5.41, 5.74) is 2.77. The number of aromatic carboxylic acids is 1. The van der Waals surface area contributed by atoms with Crippen molar-refractivity contribution in [3.63, 3.8) is 0 Å². The Morgan fingerprint density at radius 3 is 2.67 bits per heavy atom. The first-order valence-electron chi connectivity index (χ1n) is 10.6. The third kappa shape index (κ3) is 3.94. The molecule has 8 nitrogen and oxygen atoms in total. The van der Waals surface area contributed by atoms with Crippen LogP contribution in [0.2, 0.25) is 0 Å². The number of carbonyl (C=O) groups excluding carboxylic acids is 1. The fraction of sp³-hybridized carbons (Fsp3) is 0.292. The predicted octanol–water partition coefficient (Wildman–Crippen LogP) is 3.73. The Morgan fingerprint density at radius 2 is 1.91 bits per heavy atom. The number of hydrogen-bond donors (Lipinski definition) is 1. The molecule has 2 aliphatic rings. The van der Waals surface area contributed by atoms with Gasteiger partial charge in [-0.2, -0.15) is 0 Å². The molecule has 1 fully saturated rings. The van der Waals surface area contributed by atoms with E-state index in [9.17, 15) is 14.7 Å². The largest absolute Gasteiger partial charge is 0.493 e. The third-order valence-electron chi connectivity index (χ3n) is 5.86. The van der Waals surface area contributed by atoms with Gasteiger partial charge in [0.15, 0.2) is 5.69 Å². The van der Waals surface area contributed by atoms with E-state index < -0.39 is 11.9 Å². The van der Waals surface area contributed by atoms with Crippen LogP contribution in [0.25, 0.3) is 21.6 Å². The number of nitrogens with zero attached hydrogens (tertiary/aromatic N) is 2. The molecular weight excluding hydrogens is 444 g/mol. The van der Waals surface area contributed by atoms with Gasteiger partial charge in [-0.25, -0.2) is 14.6 Å². The lowest BCUT2D eigenvalue weighted by molar-refractivity contribution is 0.0593. The second-order valence-corrected chi connectivity index (χ2v) is 8.65. The molecule has 0 spiro atoms. The molecule has 0 atom stereocenters. The second-order valence-electron chi connectivity index (χ2n) is 7.73. The van der Waals surface area contributed by atoms with Crippen molar-refractivity contribution in [2.75, 3.05) is 44.9 Å². The van der Waals surface area contributed by atoms with E-state index >= 15 is 0 Å². The van der Waals surface area contributed by atoms with E-state index in [0.717, 1.165) is 22.4 Å². The number of morpholine rings is 1. The topological polar surface area (TPSA) is 98.2 Å². The van der Waals surface area contributed by atoms with E-state index in [1.807, 2.05) is 16.3 Å². The highest BCUT2D eigenvalue weighted by atomic mass is 32.1. The number of aromatic nitrogens is 1. The summed E-state index contributed by atoms with van der Waals surface area (Å²) in [6.45, 7) is 2.95. The van der Waals surface area contributed by atoms with Crippen molar-refractivity contribution in [3.8, 4) is 27.3 Å². The Hall–Kier alpha value is -3.43. The van der Waals surface area contributed by atoms with Crippen LogP contribution in [0.5, 0.6) is 5.75 Å². The molecule has 1 N–H and O–H groups in total. The molecule has 5 rings (SSSR count). The summed E-state index contributed by atoms with van der Waals surface area (Å²) >= 11 is 1.56. The average Bonchev–Trinajstić information content (AvgIpc) is 3.24. The predicted molar refractivity (Wildman–Crippen MR) is 124 cm³/mol. The van der Waals surface area contributed by atoms with Gasteiger partial charge in [-0.05, 0) is 41.3 Å². The van der Waals surface area contributed by atoms with E-state index in [1.54, 1.807) is 35.6 Å². The van der Waals surface area contributed by atoms with Crippen molar-refractivity contribution >= 4 is 29.1 Å². The molecule has 0 amide bonds. The van der Waals surface area contributed by atoms with E-state index in [0.29, 0.717) is 55.6 Å². The standard InChI is InChI=1S/C24H22N2O6S/c1-30-24(29)21-15(2-3-20(25-21)26-6-9-31-10-7-26)16-13-19-18(12-17(16)23(27)28)22-14(4-8-32-19)5-11-33-22/h2-3,5,11-13H,4,6-10H2,1H3,(H,27,28). The summed E-state index contributed by atoms with van der Waals surface area (Å²) in [5, 5.41) is 12.0. The smallest absolute Gasteiger partial charge is 0.357 e. The summed E-state index contributed by atoms with van der Waals surface area (Å²) in [5.74, 6) is -0.520. The van der Waals surface area contributed by atoms with Crippen LogP contribution in [-0.4, -0.2) is 62.0 Å². The number of fused-ring (bicyclic) bond motifs is 3. The SMILES string of the molecule is COC(=O)c1nc(N2CCOCC2)ccc1-c1cc2c(cc1C(=O)O)-c1sccc1CCO2. The zero-order valence-electron chi connectivity index (χ0n) is 18.0. The van der Waals surface area contributed by atoms with Crippen molar-refractivity contribution in [1.29, 1.82) is 0 Å². The Labute approximate surface area is 194 Å². The Kier molecular flexibility index (Phi) is 5.74. The number of benzene rings is 1. The van der Waals surface area contributed by atoms with Crippen LogP contribution >= 0.6 is 11.3 Å². The van der Waals surface area contributed by atoms with E-state index in [-0.39, 0.29) is 11.3 Å². The first-order chi connectivity index (χ1) is 16.1. The Balaban J connectivity index is 1.68. The number of hydrogen-bond acceptors (Lipinski definition) is 8. The average molecular weight is 467 g/mol. The lowest BCUT2D eigenvalue weighted by atomic mass is 9.94. The molecule has 1 aromatic carbocycles. The van der Waals surface area contributed by atoms with Crippen LogP contribution in [0.1, 0.15) is 26.4 Å². The molecule has 0 radical (unpaired) electrons. The van der Waals surface area contributed by atoms with Crippen molar-refractivity contribution in [1.82, 2.24) is 4.98 Å². The van der Waals surface area contributed by atoms with Crippen LogP contribution < -0.4 is 9.64 Å². The van der Waals surface area contributed by atoms with Gasteiger partial charge in [0.25, 0.3) is 0 Å². The molecule has 33 heavy (non-hydrogen) atoms. The van der Waals surface area contributed by atoms with E-state index in [1.165, 1.54) is 7.11 Å². The highest BCUT2D eigenvalue weighted by Crippen LogP contribution is 2.43. The van der Waals surface area contributed by atoms with Gasteiger partial charge in [0, 0.05) is 41.1 Å². The van der Waals surface area contributed by atoms with E-state index in [2.05, 4.69) is 4.98 Å². The lowest BCUT2D eigenvalue weighted by Gasteiger charge is -2.28. The van der Waals surface area contributed by atoms with Gasteiger partial charge in [0.1, 0.15) is 11.6 Å². The zero-order chi connectivity index (χ0) is 22.9. The van der Waals surface area contributed by atoms with Gasteiger partial charge in [0.05, 0.1) is 32.5 Å². The number of carboxylic acids is 1. The van der Waals surface area contributed by atoms with Crippen LogP contribution in [0.3, 0.4) is 0 Å². The van der Waals surface area contributed by atoms with Crippen LogP contribution in [0.15, 0.2) is 35.7 Å². The molecule has 0 aliphatic carbocycles. The lowest BCUT2D eigenvalue weighted by Crippen LogP contribution is -2.37. The molecular formula is C24H22N2O6S. The molecule has 0 saturated carbocycles. The third-order valence-corrected chi connectivity index (χ3v) is 6.85. The monoisotopic (exact) mass is 466 g/mol. The molecule has 0 unspecified atom stereocenters. The first-order valence-corrected chi connectivity index (χ1v) is 11.5.